The van der Waals surface area contributed by atoms with E-state index in [1.54, 1.807) is 12.1 Å². The van der Waals surface area contributed by atoms with E-state index in [1.807, 2.05) is 6.07 Å². The molecule has 7 heteroatoms. The van der Waals surface area contributed by atoms with E-state index in [4.69, 9.17) is 14.7 Å². The molecule has 2 aromatic carbocycles. The van der Waals surface area contributed by atoms with Crippen LogP contribution in [0.25, 0.3) is 11.1 Å². The summed E-state index contributed by atoms with van der Waals surface area (Å²) in [7, 11) is -3.43. The first-order valence-electron chi connectivity index (χ1n) is 9.72. The van der Waals surface area contributed by atoms with Gasteiger partial charge < -0.3 is 9.47 Å². The molecule has 0 radical (unpaired) electrons. The molecule has 0 N–H and O–H groups in total. The Hall–Kier alpha value is -2.27. The third-order valence-electron chi connectivity index (χ3n) is 5.76. The summed E-state index contributed by atoms with van der Waals surface area (Å²) in [6, 6.07) is 12.4. The summed E-state index contributed by atoms with van der Waals surface area (Å²) in [6.07, 6.45) is 2.97. The summed E-state index contributed by atoms with van der Waals surface area (Å²) < 4.78 is 51.3. The highest BCUT2D eigenvalue weighted by Crippen LogP contribution is 2.39. The van der Waals surface area contributed by atoms with Crippen LogP contribution in [0.1, 0.15) is 31.2 Å². The van der Waals surface area contributed by atoms with E-state index < -0.39 is 21.4 Å². The summed E-state index contributed by atoms with van der Waals surface area (Å²) in [5, 5.41) is 8.85. The molecule has 1 aliphatic heterocycles. The summed E-state index contributed by atoms with van der Waals surface area (Å²) in [4.78, 5) is 0.240. The molecule has 0 amide bonds. The van der Waals surface area contributed by atoms with Gasteiger partial charge >= 0.3 is 0 Å². The Balaban J connectivity index is 1.45. The Morgan fingerprint density at radius 3 is 2.31 bits per heavy atom. The van der Waals surface area contributed by atoms with E-state index in [0.717, 1.165) is 25.7 Å². The number of hydrogen-bond acceptors (Lipinski definition) is 5. The van der Waals surface area contributed by atoms with Crippen molar-refractivity contribution in [3.8, 4) is 17.2 Å². The lowest BCUT2D eigenvalue weighted by Crippen LogP contribution is -2.36. The molecule has 1 spiro atoms. The quantitative estimate of drug-likeness (QED) is 0.752. The maximum absolute atomic E-state index is 14.2. The number of benzene rings is 2. The van der Waals surface area contributed by atoms with E-state index in [1.165, 1.54) is 30.3 Å². The van der Waals surface area contributed by atoms with Gasteiger partial charge in [0.05, 0.1) is 35.5 Å². The van der Waals surface area contributed by atoms with Gasteiger partial charge in [0.25, 0.3) is 0 Å². The fourth-order valence-corrected chi connectivity index (χ4v) is 5.83. The first kappa shape index (κ1) is 20.0. The molecule has 152 valence electrons. The van der Waals surface area contributed by atoms with Gasteiger partial charge in [0.2, 0.25) is 0 Å². The summed E-state index contributed by atoms with van der Waals surface area (Å²) in [6.45, 7) is 1.21. The SMILES string of the molecule is N#Cc1ccc(-c2ccc(S(=O)(=O)CC3CCC4(CC3)OCCO4)cc2)c(F)c1. The third-order valence-corrected chi connectivity index (χ3v) is 7.66. The second-order valence-corrected chi connectivity index (χ2v) is 9.70. The zero-order valence-electron chi connectivity index (χ0n) is 15.9. The van der Waals surface area contributed by atoms with Crippen LogP contribution in [0.2, 0.25) is 0 Å². The Kier molecular flexibility index (Phi) is 5.43. The number of nitriles is 1. The molecule has 0 aromatic heterocycles. The molecular formula is C22H22FNO4S. The monoisotopic (exact) mass is 415 g/mol. The van der Waals surface area contributed by atoms with Gasteiger partial charge in [0, 0.05) is 18.4 Å². The number of sulfone groups is 1. The first-order chi connectivity index (χ1) is 13.9. The Bertz CT molecular complexity index is 1030. The average Bonchev–Trinajstić information content (AvgIpc) is 3.18. The summed E-state index contributed by atoms with van der Waals surface area (Å²) in [5.41, 5.74) is 1.15. The van der Waals surface area contributed by atoms with Crippen LogP contribution in [0.3, 0.4) is 0 Å². The molecule has 2 fully saturated rings. The molecule has 0 atom stereocenters. The zero-order chi connectivity index (χ0) is 20.5. The minimum atomic E-state index is -3.43. The van der Waals surface area contributed by atoms with E-state index in [0.29, 0.717) is 24.3 Å². The minimum absolute atomic E-state index is 0.0778. The predicted octanol–water partition coefficient (Wildman–Crippen LogP) is 4.07. The highest BCUT2D eigenvalue weighted by molar-refractivity contribution is 7.91. The van der Waals surface area contributed by atoms with Crippen molar-refractivity contribution in [1.82, 2.24) is 0 Å². The van der Waals surface area contributed by atoms with Crippen molar-refractivity contribution in [3.05, 3.63) is 53.8 Å². The van der Waals surface area contributed by atoms with Gasteiger partial charge in [-0.1, -0.05) is 18.2 Å². The van der Waals surface area contributed by atoms with Crippen LogP contribution < -0.4 is 0 Å². The lowest BCUT2D eigenvalue weighted by Gasteiger charge is -2.35. The average molecular weight is 415 g/mol. The second-order valence-electron chi connectivity index (χ2n) is 7.66. The highest BCUT2D eigenvalue weighted by Gasteiger charge is 2.41. The predicted molar refractivity (Wildman–Crippen MR) is 105 cm³/mol. The van der Waals surface area contributed by atoms with Gasteiger partial charge in [-0.05, 0) is 48.6 Å². The second kappa shape index (κ2) is 7.86. The molecule has 1 saturated carbocycles. The Morgan fingerprint density at radius 2 is 1.72 bits per heavy atom. The van der Waals surface area contributed by atoms with Crippen LogP contribution in [0.15, 0.2) is 47.4 Å². The molecule has 2 aromatic rings. The number of rotatable bonds is 4. The number of hydrogen-bond donors (Lipinski definition) is 0. The van der Waals surface area contributed by atoms with Crippen molar-refractivity contribution in [3.63, 3.8) is 0 Å². The topological polar surface area (TPSA) is 76.4 Å². The highest BCUT2D eigenvalue weighted by atomic mass is 32.2. The lowest BCUT2D eigenvalue weighted by atomic mass is 9.86. The van der Waals surface area contributed by atoms with Gasteiger partial charge in [-0.15, -0.1) is 0 Å². The van der Waals surface area contributed by atoms with E-state index >= 15 is 0 Å². The maximum Gasteiger partial charge on any atom is 0.178 e. The van der Waals surface area contributed by atoms with Crippen molar-refractivity contribution in [2.24, 2.45) is 5.92 Å². The van der Waals surface area contributed by atoms with Gasteiger partial charge in [-0.2, -0.15) is 5.26 Å². The molecule has 0 unspecified atom stereocenters. The van der Waals surface area contributed by atoms with Gasteiger partial charge in [0.15, 0.2) is 15.6 Å². The van der Waals surface area contributed by atoms with Crippen LogP contribution in [0, 0.1) is 23.1 Å². The summed E-state index contributed by atoms with van der Waals surface area (Å²) in [5.74, 6) is -0.831. The van der Waals surface area contributed by atoms with Crippen molar-refractivity contribution >= 4 is 9.84 Å². The molecular weight excluding hydrogens is 393 g/mol. The number of ether oxygens (including phenoxy) is 2. The van der Waals surface area contributed by atoms with Crippen LogP contribution in [-0.4, -0.2) is 33.2 Å². The van der Waals surface area contributed by atoms with Crippen LogP contribution >= 0.6 is 0 Å². The molecule has 1 aliphatic carbocycles. The van der Waals surface area contributed by atoms with Gasteiger partial charge in [0.1, 0.15) is 5.82 Å². The van der Waals surface area contributed by atoms with Gasteiger partial charge in [-0.25, -0.2) is 12.8 Å². The molecule has 4 rings (SSSR count). The van der Waals surface area contributed by atoms with Crippen LogP contribution in [0.5, 0.6) is 0 Å². The van der Waals surface area contributed by atoms with Crippen LogP contribution in [-0.2, 0) is 19.3 Å². The molecule has 1 heterocycles. The standard InChI is InChI=1S/C22H22FNO4S/c23-21-13-17(14-24)1-6-20(21)18-2-4-19(5-3-18)29(25,26)15-16-7-9-22(10-8-16)27-11-12-28-22/h1-6,13,16H,7-12,15H2. The molecule has 29 heavy (non-hydrogen) atoms. The van der Waals surface area contributed by atoms with E-state index in [9.17, 15) is 12.8 Å². The summed E-state index contributed by atoms with van der Waals surface area (Å²) >= 11 is 0. The maximum atomic E-state index is 14.2. The molecule has 5 nitrogen and oxygen atoms in total. The van der Waals surface area contributed by atoms with E-state index in [2.05, 4.69) is 0 Å². The third kappa shape index (κ3) is 4.20. The Morgan fingerprint density at radius 1 is 1.07 bits per heavy atom. The van der Waals surface area contributed by atoms with Crippen molar-refractivity contribution in [2.45, 2.75) is 36.4 Å². The van der Waals surface area contributed by atoms with Crippen molar-refractivity contribution < 1.29 is 22.3 Å². The van der Waals surface area contributed by atoms with Crippen molar-refractivity contribution in [2.75, 3.05) is 19.0 Å². The number of nitrogens with zero attached hydrogens (tertiary/aromatic N) is 1. The normalized spacial score (nSPS) is 19.3. The molecule has 0 bridgehead atoms. The fourth-order valence-electron chi connectivity index (χ4n) is 4.14. The Labute approximate surface area is 170 Å². The smallest absolute Gasteiger partial charge is 0.178 e. The fraction of sp³-hybridized carbons (Fsp3) is 0.409. The lowest BCUT2D eigenvalue weighted by molar-refractivity contribution is -0.181. The van der Waals surface area contributed by atoms with Crippen LogP contribution in [0.4, 0.5) is 4.39 Å². The zero-order valence-corrected chi connectivity index (χ0v) is 16.8. The minimum Gasteiger partial charge on any atom is -0.348 e. The molecule has 2 aliphatic rings. The molecule has 1 saturated heterocycles. The number of halogens is 1. The first-order valence-corrected chi connectivity index (χ1v) is 11.4. The largest absolute Gasteiger partial charge is 0.348 e. The van der Waals surface area contributed by atoms with E-state index in [-0.39, 0.29) is 22.1 Å². The van der Waals surface area contributed by atoms with Gasteiger partial charge in [-0.3, -0.25) is 0 Å². The van der Waals surface area contributed by atoms with Crippen molar-refractivity contribution in [1.29, 1.82) is 5.26 Å².